The quantitative estimate of drug-likeness (QED) is 0.446. The largest absolute Gasteiger partial charge is 0.459 e. The third-order valence-electron chi connectivity index (χ3n) is 7.17. The molecule has 1 aromatic heterocycles. The number of aromatic nitrogens is 2. The van der Waals surface area contributed by atoms with E-state index in [0.717, 1.165) is 11.1 Å². The molecule has 0 spiro atoms. The Morgan fingerprint density at radius 1 is 1.06 bits per heavy atom. The number of fused-ring (bicyclic) bond motifs is 3. The van der Waals surface area contributed by atoms with Crippen molar-refractivity contribution in [2.45, 2.75) is 30.6 Å². The van der Waals surface area contributed by atoms with Gasteiger partial charge in [-0.2, -0.15) is 0 Å². The summed E-state index contributed by atoms with van der Waals surface area (Å²) >= 11 is 0. The Hall–Kier alpha value is -3.62. The van der Waals surface area contributed by atoms with Crippen molar-refractivity contribution in [3.63, 3.8) is 0 Å². The number of carbonyl (C=O) groups excluding carboxylic acids is 2. The number of primary amides is 1. The molecule has 3 N–H and O–H groups in total. The van der Waals surface area contributed by atoms with Crippen molar-refractivity contribution in [1.82, 2.24) is 9.97 Å². The van der Waals surface area contributed by atoms with E-state index in [1.807, 2.05) is 43.4 Å². The molecule has 2 aromatic carbocycles. The van der Waals surface area contributed by atoms with E-state index in [0.29, 0.717) is 47.2 Å². The van der Waals surface area contributed by atoms with Crippen LogP contribution in [-0.2, 0) is 19.9 Å². The molecular weight excluding hydrogens is 432 g/mol. The molecule has 8 heteroatoms. The number of quaternary nitrogens is 1. The zero-order valence-corrected chi connectivity index (χ0v) is 18.9. The number of rotatable bonds is 5. The van der Waals surface area contributed by atoms with Gasteiger partial charge < -0.3 is 20.1 Å². The molecule has 1 unspecified atom stereocenters. The lowest BCUT2D eigenvalue weighted by Crippen LogP contribution is -2.57. The van der Waals surface area contributed by atoms with E-state index in [2.05, 4.69) is 9.97 Å². The summed E-state index contributed by atoms with van der Waals surface area (Å²) < 4.78 is 6.25. The molecular formula is C26H27N4O4+. The summed E-state index contributed by atoms with van der Waals surface area (Å²) in [5.74, 6) is -1.14. The Bertz CT molecular complexity index is 1190. The van der Waals surface area contributed by atoms with E-state index in [9.17, 15) is 14.7 Å². The first kappa shape index (κ1) is 22.2. The normalized spacial score (nSPS) is 23.4. The second-order valence-corrected chi connectivity index (χ2v) is 9.27. The summed E-state index contributed by atoms with van der Waals surface area (Å²) in [6.45, 7) is 1.13. The van der Waals surface area contributed by atoms with Crippen molar-refractivity contribution in [2.75, 3.05) is 20.1 Å². The Balaban J connectivity index is 1.35. The maximum atomic E-state index is 13.4. The molecule has 2 aliphatic rings. The maximum absolute atomic E-state index is 13.4. The van der Waals surface area contributed by atoms with Gasteiger partial charge in [0.05, 0.1) is 26.3 Å². The van der Waals surface area contributed by atoms with E-state index in [4.69, 9.17) is 10.5 Å². The lowest BCUT2D eigenvalue weighted by atomic mass is 9.91. The van der Waals surface area contributed by atoms with Crippen LogP contribution in [0.3, 0.4) is 0 Å². The van der Waals surface area contributed by atoms with Gasteiger partial charge in [0.2, 0.25) is 11.6 Å². The molecule has 2 heterocycles. The van der Waals surface area contributed by atoms with Crippen LogP contribution in [0.5, 0.6) is 0 Å². The maximum Gasteiger partial charge on any atom is 0.348 e. The fraction of sp³-hybridized carbons (Fsp3) is 0.308. The van der Waals surface area contributed by atoms with Crippen molar-refractivity contribution in [1.29, 1.82) is 0 Å². The molecule has 3 aromatic rings. The number of likely N-dealkylation sites (N-methyl/N-ethyl adjacent to an activating group) is 1. The first-order chi connectivity index (χ1) is 16.3. The fourth-order valence-corrected chi connectivity index (χ4v) is 5.40. The zero-order chi connectivity index (χ0) is 23.9. The lowest BCUT2D eigenvalue weighted by molar-refractivity contribution is -0.935. The topological polar surface area (TPSA) is 115 Å². The minimum absolute atomic E-state index is 0.359. The Labute approximate surface area is 197 Å². The summed E-state index contributed by atoms with van der Waals surface area (Å²) in [7, 11) is 1.96. The minimum Gasteiger partial charge on any atom is -0.459 e. The van der Waals surface area contributed by atoms with E-state index in [-0.39, 0.29) is 6.10 Å². The molecule has 1 saturated heterocycles. The molecule has 1 atom stereocenters. The number of carbonyl (C=O) groups is 2. The van der Waals surface area contributed by atoms with Crippen LogP contribution in [0, 0.1) is 0 Å². The highest BCUT2D eigenvalue weighted by molar-refractivity contribution is 5.96. The van der Waals surface area contributed by atoms with Gasteiger partial charge in [-0.25, -0.2) is 4.79 Å². The summed E-state index contributed by atoms with van der Waals surface area (Å²) in [5, 5.41) is 11.7. The monoisotopic (exact) mass is 459 g/mol. The van der Waals surface area contributed by atoms with Gasteiger partial charge >= 0.3 is 5.97 Å². The van der Waals surface area contributed by atoms with Gasteiger partial charge in [-0.15, -0.1) is 0 Å². The van der Waals surface area contributed by atoms with Crippen LogP contribution in [0.15, 0.2) is 67.1 Å². The highest BCUT2D eigenvalue weighted by Gasteiger charge is 2.50. The first-order valence-corrected chi connectivity index (χ1v) is 11.4. The van der Waals surface area contributed by atoms with Crippen molar-refractivity contribution in [2.24, 2.45) is 5.73 Å². The van der Waals surface area contributed by atoms with Crippen molar-refractivity contribution >= 4 is 11.9 Å². The third-order valence-corrected chi connectivity index (χ3v) is 7.17. The summed E-state index contributed by atoms with van der Waals surface area (Å²) in [4.78, 5) is 34.1. The number of aliphatic hydroxyl groups is 1. The number of ether oxygens (including phenoxy) is 1. The average Bonchev–Trinajstić information content (AvgIpc) is 3.11. The summed E-state index contributed by atoms with van der Waals surface area (Å²) in [5.41, 5.74) is 7.17. The molecule has 1 aliphatic carbocycles. The van der Waals surface area contributed by atoms with Crippen molar-refractivity contribution in [3.05, 3.63) is 83.9 Å². The van der Waals surface area contributed by atoms with Crippen molar-refractivity contribution in [3.8, 4) is 11.1 Å². The highest BCUT2D eigenvalue weighted by atomic mass is 16.6. The average molecular weight is 460 g/mol. The molecule has 8 nitrogen and oxygen atoms in total. The van der Waals surface area contributed by atoms with Crippen LogP contribution in [-0.4, -0.2) is 57.7 Å². The second kappa shape index (κ2) is 8.30. The van der Waals surface area contributed by atoms with E-state index in [1.165, 1.54) is 0 Å². The third kappa shape index (κ3) is 3.46. The number of amides is 1. The predicted octanol–water partition coefficient (Wildman–Crippen LogP) is 2.07. The van der Waals surface area contributed by atoms with Crippen LogP contribution >= 0.6 is 0 Å². The Morgan fingerprint density at radius 2 is 1.65 bits per heavy atom. The number of likely N-dealkylation sites (tertiary alicyclic amines) is 1. The van der Waals surface area contributed by atoms with Gasteiger partial charge in [-0.05, 0) is 11.1 Å². The van der Waals surface area contributed by atoms with Crippen LogP contribution in [0.1, 0.15) is 35.7 Å². The van der Waals surface area contributed by atoms with Gasteiger partial charge in [-0.3, -0.25) is 14.8 Å². The van der Waals surface area contributed by atoms with E-state index < -0.39 is 23.5 Å². The van der Waals surface area contributed by atoms with Crippen molar-refractivity contribution < 1.29 is 23.9 Å². The van der Waals surface area contributed by atoms with Gasteiger partial charge in [-0.1, -0.05) is 48.5 Å². The number of esters is 1. The molecule has 1 fully saturated rings. The number of nitrogens with zero attached hydrogens (tertiary/aromatic N) is 3. The zero-order valence-electron chi connectivity index (χ0n) is 18.9. The van der Waals surface area contributed by atoms with Gasteiger partial charge in [0.1, 0.15) is 11.8 Å². The van der Waals surface area contributed by atoms with Crippen LogP contribution in [0.2, 0.25) is 0 Å². The standard InChI is InChI=1S/C26H26N4O4/c1-30(23(24(27)31)22-16-28-12-13-29-22)14-10-17(11-15-30)34-25(32)26(33)20-8-4-2-6-18(20)19-7-3-5-9-21(19)26/h2-9,12-13,16-17,23,33H,10-11,14-15H2,1H3,(H-,27,31)/p+1. The Morgan fingerprint density at radius 3 is 2.18 bits per heavy atom. The van der Waals surface area contributed by atoms with Gasteiger partial charge in [0, 0.05) is 36.4 Å². The summed E-state index contributed by atoms with van der Waals surface area (Å²) in [6.07, 6.45) is 5.35. The molecule has 0 saturated carbocycles. The molecule has 0 radical (unpaired) electrons. The molecule has 1 aliphatic heterocycles. The van der Waals surface area contributed by atoms with Crippen LogP contribution < -0.4 is 5.73 Å². The number of piperidine rings is 1. The molecule has 0 bridgehead atoms. The molecule has 34 heavy (non-hydrogen) atoms. The number of nitrogens with two attached hydrogens (primary N) is 1. The van der Waals surface area contributed by atoms with Crippen LogP contribution in [0.4, 0.5) is 0 Å². The minimum atomic E-state index is -1.85. The number of hydrogen-bond donors (Lipinski definition) is 2. The predicted molar refractivity (Wildman–Crippen MR) is 124 cm³/mol. The van der Waals surface area contributed by atoms with Crippen LogP contribution in [0.25, 0.3) is 11.1 Å². The second-order valence-electron chi connectivity index (χ2n) is 9.27. The first-order valence-electron chi connectivity index (χ1n) is 11.4. The smallest absolute Gasteiger partial charge is 0.348 e. The van der Waals surface area contributed by atoms with E-state index in [1.54, 1.807) is 30.7 Å². The Kier molecular flexibility index (Phi) is 5.42. The highest BCUT2D eigenvalue weighted by Crippen LogP contribution is 2.48. The number of benzene rings is 2. The fourth-order valence-electron chi connectivity index (χ4n) is 5.40. The van der Waals surface area contributed by atoms with Gasteiger partial charge in [0.25, 0.3) is 5.91 Å². The van der Waals surface area contributed by atoms with Gasteiger partial charge in [0.15, 0.2) is 0 Å². The lowest BCUT2D eigenvalue weighted by Gasteiger charge is -2.44. The number of hydrogen-bond acceptors (Lipinski definition) is 6. The molecule has 5 rings (SSSR count). The van der Waals surface area contributed by atoms with E-state index >= 15 is 0 Å². The molecule has 1 amide bonds. The molecule has 174 valence electrons. The SMILES string of the molecule is C[N+]1(C(C(N)=O)c2cnccn2)CCC(OC(=O)C2(O)c3ccccc3-c3ccccc32)CC1. The summed E-state index contributed by atoms with van der Waals surface area (Å²) in [6, 6.07) is 14.1.